The Kier molecular flexibility index (Phi) is 7.03. The number of nitrogens with zero attached hydrogens (tertiary/aromatic N) is 3. The number of hydrogen-bond donors (Lipinski definition) is 1. The van der Waals surface area contributed by atoms with Crippen LogP contribution in [-0.2, 0) is 17.4 Å². The van der Waals surface area contributed by atoms with Crippen molar-refractivity contribution in [3.8, 4) is 17.2 Å². The number of hydrogen-bond acceptors (Lipinski definition) is 7. The SMILES string of the molecule is CN(C)C1CCN(c2ccc(C(=O)C[C@@H]3[C@H]4Oc5ccc(Oc6ccnc7c6CCC(=O)N7)cc5[C@@H]34)cc2C(F)(F)F)CC1. The maximum Gasteiger partial charge on any atom is 0.418 e. The molecule has 3 aliphatic heterocycles. The molecule has 4 heterocycles. The highest BCUT2D eigenvalue weighted by Crippen LogP contribution is 2.60. The van der Waals surface area contributed by atoms with E-state index in [4.69, 9.17) is 9.47 Å². The second-order valence-corrected chi connectivity index (χ2v) is 12.3. The lowest BCUT2D eigenvalue weighted by atomic mass is 9.97. The number of amides is 1. The van der Waals surface area contributed by atoms with Crippen LogP contribution in [0.5, 0.6) is 17.2 Å². The third kappa shape index (κ3) is 5.27. The second-order valence-electron chi connectivity index (χ2n) is 12.3. The topological polar surface area (TPSA) is 84.0 Å². The zero-order valence-electron chi connectivity index (χ0n) is 24.5. The maximum atomic E-state index is 14.2. The van der Waals surface area contributed by atoms with Gasteiger partial charge in [0.25, 0.3) is 0 Å². The Morgan fingerprint density at radius 3 is 2.66 bits per heavy atom. The van der Waals surface area contributed by atoms with Crippen LogP contribution in [0.3, 0.4) is 0 Å². The number of carbonyl (C=O) groups excluding carboxylic acids is 2. The van der Waals surface area contributed by atoms with Gasteiger partial charge in [0.1, 0.15) is 29.2 Å². The number of piperidine rings is 1. The number of ketones is 1. The Bertz CT molecular complexity index is 1630. The summed E-state index contributed by atoms with van der Waals surface area (Å²) in [6, 6.07) is 11.6. The summed E-state index contributed by atoms with van der Waals surface area (Å²) in [4.78, 5) is 33.2. The summed E-state index contributed by atoms with van der Waals surface area (Å²) in [6.07, 6.45) is -0.625. The van der Waals surface area contributed by atoms with Crippen molar-refractivity contribution >= 4 is 23.2 Å². The van der Waals surface area contributed by atoms with Crippen molar-refractivity contribution in [3.63, 3.8) is 0 Å². The molecule has 1 saturated heterocycles. The average molecular weight is 607 g/mol. The van der Waals surface area contributed by atoms with Crippen LogP contribution in [0.15, 0.2) is 48.7 Å². The molecule has 44 heavy (non-hydrogen) atoms. The number of anilines is 2. The molecular weight excluding hydrogens is 573 g/mol. The minimum absolute atomic E-state index is 0.0255. The van der Waals surface area contributed by atoms with E-state index in [1.165, 1.54) is 12.1 Å². The van der Waals surface area contributed by atoms with Crippen molar-refractivity contribution in [2.45, 2.75) is 56.3 Å². The Balaban J connectivity index is 1.05. The number of nitrogens with one attached hydrogen (secondary N) is 1. The van der Waals surface area contributed by atoms with Crippen molar-refractivity contribution in [2.24, 2.45) is 5.92 Å². The third-order valence-electron chi connectivity index (χ3n) is 9.38. The second kappa shape index (κ2) is 10.8. The summed E-state index contributed by atoms with van der Waals surface area (Å²) in [7, 11) is 3.98. The molecule has 7 rings (SSSR count). The van der Waals surface area contributed by atoms with Crippen LogP contribution < -0.4 is 19.7 Å². The third-order valence-corrected chi connectivity index (χ3v) is 9.38. The molecule has 1 amide bonds. The zero-order chi connectivity index (χ0) is 30.7. The molecule has 3 aromatic rings. The molecule has 11 heteroatoms. The van der Waals surface area contributed by atoms with Crippen LogP contribution in [0.4, 0.5) is 24.7 Å². The number of aromatic nitrogens is 1. The molecule has 1 aromatic heterocycles. The lowest BCUT2D eigenvalue weighted by Gasteiger charge is -2.37. The number of pyridine rings is 1. The molecule has 0 spiro atoms. The highest BCUT2D eigenvalue weighted by atomic mass is 19.4. The van der Waals surface area contributed by atoms with E-state index >= 15 is 0 Å². The fourth-order valence-corrected chi connectivity index (χ4v) is 6.91. The van der Waals surface area contributed by atoms with Gasteiger partial charge in [0, 0.05) is 72.4 Å². The molecule has 3 atom stereocenters. The van der Waals surface area contributed by atoms with Crippen LogP contribution >= 0.6 is 0 Å². The van der Waals surface area contributed by atoms with Crippen LogP contribution in [0.2, 0.25) is 0 Å². The van der Waals surface area contributed by atoms with Gasteiger partial charge in [-0.2, -0.15) is 13.2 Å². The number of alkyl halides is 3. The van der Waals surface area contributed by atoms with Gasteiger partial charge in [-0.05, 0) is 75.8 Å². The van der Waals surface area contributed by atoms with Crippen molar-refractivity contribution in [3.05, 3.63) is 70.9 Å². The van der Waals surface area contributed by atoms with E-state index in [9.17, 15) is 22.8 Å². The van der Waals surface area contributed by atoms with Gasteiger partial charge in [0.2, 0.25) is 5.91 Å². The zero-order valence-corrected chi connectivity index (χ0v) is 24.5. The molecule has 0 radical (unpaired) electrons. The van der Waals surface area contributed by atoms with Crippen LogP contribution in [0, 0.1) is 5.92 Å². The standard InChI is InChI=1S/C33H33F3N4O4/c1-39(2)19-10-13-40(14-11-19)25-6-3-18(15-24(25)33(34,35)36)26(41)17-23-30-22-16-20(4-7-27(22)44-31(23)30)43-28-9-12-37-32-21(28)5-8-29(42)38-32/h3-4,6-7,9,12,15-16,19,23,30-31H,5,8,10-11,13-14,17H2,1-2H3,(H,37,38,42)/t23-,30-,31+/m0/s1. The van der Waals surface area contributed by atoms with Crippen LogP contribution in [0.25, 0.3) is 0 Å². The molecule has 1 saturated carbocycles. The van der Waals surface area contributed by atoms with E-state index < -0.39 is 11.7 Å². The summed E-state index contributed by atoms with van der Waals surface area (Å²) < 4.78 is 54.8. The molecule has 1 aliphatic carbocycles. The molecule has 230 valence electrons. The lowest BCUT2D eigenvalue weighted by Crippen LogP contribution is -2.42. The van der Waals surface area contributed by atoms with E-state index in [1.54, 1.807) is 23.2 Å². The van der Waals surface area contributed by atoms with Crippen LogP contribution in [0.1, 0.15) is 58.6 Å². The van der Waals surface area contributed by atoms with Gasteiger partial charge < -0.3 is 24.6 Å². The number of carbonyl (C=O) groups is 2. The number of rotatable bonds is 7. The Morgan fingerprint density at radius 1 is 1.11 bits per heavy atom. The van der Waals surface area contributed by atoms with E-state index in [2.05, 4.69) is 15.2 Å². The van der Waals surface area contributed by atoms with Crippen molar-refractivity contribution in [1.29, 1.82) is 0 Å². The normalized spacial score (nSPS) is 22.5. The average Bonchev–Trinajstić information content (AvgIpc) is 3.52. The number of halogens is 3. The van der Waals surface area contributed by atoms with Crippen molar-refractivity contribution in [1.82, 2.24) is 9.88 Å². The number of Topliss-reactive ketones (excluding diaryl/α,β-unsaturated/α-hetero) is 1. The number of fused-ring (bicyclic) bond motifs is 4. The molecule has 2 fully saturated rings. The predicted molar refractivity (Wildman–Crippen MR) is 158 cm³/mol. The van der Waals surface area contributed by atoms with Gasteiger partial charge in [0.15, 0.2) is 5.78 Å². The van der Waals surface area contributed by atoms with Gasteiger partial charge in [-0.1, -0.05) is 0 Å². The van der Waals surface area contributed by atoms with Gasteiger partial charge in [-0.25, -0.2) is 4.98 Å². The first-order valence-corrected chi connectivity index (χ1v) is 15.0. The summed E-state index contributed by atoms with van der Waals surface area (Å²) >= 11 is 0. The first-order chi connectivity index (χ1) is 21.1. The molecule has 8 nitrogen and oxygen atoms in total. The Labute approximate surface area is 253 Å². The summed E-state index contributed by atoms with van der Waals surface area (Å²) in [5.74, 6) is 1.88. The summed E-state index contributed by atoms with van der Waals surface area (Å²) in [6.45, 7) is 1.07. The minimum atomic E-state index is -4.57. The fraction of sp³-hybridized carbons (Fsp3) is 0.424. The smallest absolute Gasteiger partial charge is 0.418 e. The van der Waals surface area contributed by atoms with E-state index in [-0.39, 0.29) is 47.3 Å². The van der Waals surface area contributed by atoms with Crippen molar-refractivity contribution in [2.75, 3.05) is 37.4 Å². The first kappa shape index (κ1) is 28.6. The minimum Gasteiger partial charge on any atom is -0.489 e. The van der Waals surface area contributed by atoms with Gasteiger partial charge >= 0.3 is 6.18 Å². The monoisotopic (exact) mass is 606 g/mol. The van der Waals surface area contributed by atoms with E-state index in [0.29, 0.717) is 49.3 Å². The number of benzene rings is 2. The molecule has 0 unspecified atom stereocenters. The number of ether oxygens (including phenoxy) is 2. The summed E-state index contributed by atoms with van der Waals surface area (Å²) in [5, 5.41) is 2.77. The highest BCUT2D eigenvalue weighted by Gasteiger charge is 2.59. The largest absolute Gasteiger partial charge is 0.489 e. The van der Waals surface area contributed by atoms with Gasteiger partial charge in [0.05, 0.1) is 5.56 Å². The fourth-order valence-electron chi connectivity index (χ4n) is 6.91. The molecule has 4 aliphatic rings. The predicted octanol–water partition coefficient (Wildman–Crippen LogP) is 6.06. The molecule has 2 aromatic carbocycles. The molecular formula is C33H33F3N4O4. The van der Waals surface area contributed by atoms with Crippen LogP contribution in [-0.4, -0.2) is 60.9 Å². The maximum absolute atomic E-state index is 14.2. The van der Waals surface area contributed by atoms with E-state index in [0.717, 1.165) is 35.8 Å². The van der Waals surface area contributed by atoms with Crippen molar-refractivity contribution < 1.29 is 32.2 Å². The lowest BCUT2D eigenvalue weighted by molar-refractivity contribution is -0.137. The quantitative estimate of drug-likeness (QED) is 0.328. The van der Waals surface area contributed by atoms with E-state index in [1.807, 2.05) is 26.2 Å². The summed E-state index contributed by atoms with van der Waals surface area (Å²) in [5.41, 5.74) is 1.20. The molecule has 0 bridgehead atoms. The Hall–Kier alpha value is -4.12. The molecule has 1 N–H and O–H groups in total. The highest BCUT2D eigenvalue weighted by molar-refractivity contribution is 5.97. The van der Waals surface area contributed by atoms with Gasteiger partial charge in [-0.3, -0.25) is 9.59 Å². The Morgan fingerprint density at radius 2 is 1.91 bits per heavy atom. The first-order valence-electron chi connectivity index (χ1n) is 15.0. The van der Waals surface area contributed by atoms with Gasteiger partial charge in [-0.15, -0.1) is 0 Å².